The van der Waals surface area contributed by atoms with Crippen molar-refractivity contribution in [3.63, 3.8) is 0 Å². The molecule has 3 aromatic rings. The third-order valence-electron chi connectivity index (χ3n) is 5.10. The van der Waals surface area contributed by atoms with Gasteiger partial charge in [-0.05, 0) is 54.6 Å². The molecule has 1 N–H and O–H groups in total. The zero-order valence-electron chi connectivity index (χ0n) is 19.1. The number of carbonyl (C=O) groups excluding carboxylic acids is 3. The molecule has 2 amide bonds. The Labute approximate surface area is 210 Å². The van der Waals surface area contributed by atoms with Crippen molar-refractivity contribution in [2.24, 2.45) is 0 Å². The number of nitrogens with zero attached hydrogens (tertiary/aromatic N) is 1. The van der Waals surface area contributed by atoms with E-state index in [4.69, 9.17) is 13.9 Å². The Morgan fingerprint density at radius 1 is 1.08 bits per heavy atom. The molecule has 1 aliphatic rings. The highest BCUT2D eigenvalue weighted by Gasteiger charge is 2.36. The molecule has 0 radical (unpaired) electrons. The van der Waals surface area contributed by atoms with Crippen LogP contribution in [0.1, 0.15) is 28.6 Å². The van der Waals surface area contributed by atoms with Gasteiger partial charge in [0.2, 0.25) is 0 Å². The van der Waals surface area contributed by atoms with Gasteiger partial charge in [0.1, 0.15) is 30.4 Å². The van der Waals surface area contributed by atoms with Crippen LogP contribution in [0, 0.1) is 0 Å². The van der Waals surface area contributed by atoms with Crippen LogP contribution in [0.15, 0.2) is 70.0 Å². The molecule has 0 aliphatic carbocycles. The Balaban J connectivity index is 1.58. The van der Waals surface area contributed by atoms with Crippen LogP contribution in [0.4, 0.5) is 4.79 Å². The molecule has 1 aliphatic heterocycles. The molecule has 10 heteroatoms. The summed E-state index contributed by atoms with van der Waals surface area (Å²) in [7, 11) is 0. The van der Waals surface area contributed by atoms with Crippen LogP contribution in [0.25, 0.3) is 17.4 Å². The lowest BCUT2D eigenvalue weighted by molar-refractivity contribution is -0.145. The van der Waals surface area contributed by atoms with Gasteiger partial charge in [0.05, 0.1) is 22.6 Å². The van der Waals surface area contributed by atoms with E-state index in [2.05, 4.69) is 0 Å². The lowest BCUT2D eigenvalue weighted by Gasteiger charge is -2.11. The average molecular weight is 508 g/mol. The first-order chi connectivity index (χ1) is 17.4. The van der Waals surface area contributed by atoms with Gasteiger partial charge in [-0.1, -0.05) is 30.3 Å². The van der Waals surface area contributed by atoms with Crippen LogP contribution in [-0.2, 0) is 20.9 Å². The molecule has 0 saturated carbocycles. The highest BCUT2D eigenvalue weighted by Crippen LogP contribution is 2.36. The number of carboxylic acids is 1. The highest BCUT2D eigenvalue weighted by atomic mass is 32.2. The van der Waals surface area contributed by atoms with Crippen molar-refractivity contribution >= 4 is 40.9 Å². The number of carbonyl (C=O) groups is 4. The zero-order chi connectivity index (χ0) is 25.7. The molecular formula is C26H21NO8S. The van der Waals surface area contributed by atoms with E-state index in [1.54, 1.807) is 25.1 Å². The van der Waals surface area contributed by atoms with E-state index < -0.39 is 29.6 Å². The lowest BCUT2D eigenvalue weighted by Crippen LogP contribution is -2.34. The fourth-order valence-electron chi connectivity index (χ4n) is 3.39. The van der Waals surface area contributed by atoms with E-state index in [0.29, 0.717) is 28.8 Å². The second kappa shape index (κ2) is 11.0. The Hall–Kier alpha value is -4.31. The smallest absolute Gasteiger partial charge is 0.335 e. The van der Waals surface area contributed by atoms with Gasteiger partial charge < -0.3 is 19.0 Å². The number of imide groups is 1. The second-order valence-electron chi connectivity index (χ2n) is 7.57. The number of carboxylic acid groups (broad SMARTS) is 1. The topological polar surface area (TPSA) is 123 Å². The number of benzene rings is 2. The molecule has 36 heavy (non-hydrogen) atoms. The van der Waals surface area contributed by atoms with Crippen LogP contribution in [0.2, 0.25) is 0 Å². The van der Waals surface area contributed by atoms with Gasteiger partial charge >= 0.3 is 11.9 Å². The second-order valence-corrected chi connectivity index (χ2v) is 8.56. The van der Waals surface area contributed by atoms with E-state index >= 15 is 0 Å². The maximum atomic E-state index is 12.6. The summed E-state index contributed by atoms with van der Waals surface area (Å²) in [6.07, 6.45) is 1.39. The predicted octanol–water partition coefficient (Wildman–Crippen LogP) is 4.82. The maximum Gasteiger partial charge on any atom is 0.335 e. The molecule has 2 aromatic carbocycles. The van der Waals surface area contributed by atoms with Gasteiger partial charge in [-0.2, -0.15) is 0 Å². The minimum Gasteiger partial charge on any atom is -0.488 e. The van der Waals surface area contributed by atoms with Gasteiger partial charge in [0.15, 0.2) is 0 Å². The standard InChI is InChI=1S/C26H21NO8S/c1-2-33-23(28)14-27-24(29)22(36-26(27)32)13-18-9-11-21(35-18)19-12-17(25(30)31)8-10-20(19)34-15-16-6-4-3-5-7-16/h3-13H,2,14-15H2,1H3,(H,30,31)/b22-13-. The summed E-state index contributed by atoms with van der Waals surface area (Å²) < 4.78 is 16.6. The average Bonchev–Trinajstić information content (AvgIpc) is 3.43. The number of hydrogen-bond acceptors (Lipinski definition) is 8. The first-order valence-corrected chi connectivity index (χ1v) is 11.7. The van der Waals surface area contributed by atoms with E-state index in [0.717, 1.165) is 10.5 Å². The molecule has 4 rings (SSSR count). The summed E-state index contributed by atoms with van der Waals surface area (Å²) in [5.41, 5.74) is 1.40. The summed E-state index contributed by atoms with van der Waals surface area (Å²) in [6, 6.07) is 17.1. The van der Waals surface area contributed by atoms with Crippen LogP contribution >= 0.6 is 11.8 Å². The van der Waals surface area contributed by atoms with Gasteiger partial charge in [-0.25, -0.2) is 4.79 Å². The molecule has 0 unspecified atom stereocenters. The zero-order valence-corrected chi connectivity index (χ0v) is 19.9. The van der Waals surface area contributed by atoms with Crippen LogP contribution in [0.3, 0.4) is 0 Å². The van der Waals surface area contributed by atoms with Gasteiger partial charge in [0, 0.05) is 6.08 Å². The minimum atomic E-state index is -1.10. The quantitative estimate of drug-likeness (QED) is 0.321. The number of rotatable bonds is 9. The van der Waals surface area contributed by atoms with Crippen molar-refractivity contribution in [2.75, 3.05) is 13.2 Å². The first-order valence-electron chi connectivity index (χ1n) is 10.9. The molecule has 9 nitrogen and oxygen atoms in total. The normalized spacial score (nSPS) is 14.4. The SMILES string of the molecule is CCOC(=O)CN1C(=O)S/C(=C\c2ccc(-c3cc(C(=O)O)ccc3OCc3ccccc3)o2)C1=O. The van der Waals surface area contributed by atoms with Crippen molar-refractivity contribution in [1.82, 2.24) is 4.90 Å². The molecule has 1 aromatic heterocycles. The predicted molar refractivity (Wildman–Crippen MR) is 131 cm³/mol. The Bertz CT molecular complexity index is 1340. The third kappa shape index (κ3) is 5.66. The van der Waals surface area contributed by atoms with Crippen molar-refractivity contribution in [3.05, 3.63) is 82.5 Å². The van der Waals surface area contributed by atoms with Crippen LogP contribution < -0.4 is 4.74 Å². The fraction of sp³-hybridized carbons (Fsp3) is 0.154. The number of esters is 1. The van der Waals surface area contributed by atoms with Gasteiger partial charge in [-0.3, -0.25) is 19.3 Å². The van der Waals surface area contributed by atoms with Crippen molar-refractivity contribution in [3.8, 4) is 17.1 Å². The van der Waals surface area contributed by atoms with E-state index in [1.165, 1.54) is 18.2 Å². The number of ether oxygens (including phenoxy) is 2. The summed E-state index contributed by atoms with van der Waals surface area (Å²) in [4.78, 5) is 48.9. The molecule has 0 bridgehead atoms. The van der Waals surface area contributed by atoms with Crippen molar-refractivity contribution in [2.45, 2.75) is 13.5 Å². The minimum absolute atomic E-state index is 0.0510. The first kappa shape index (κ1) is 24.8. The largest absolute Gasteiger partial charge is 0.488 e. The van der Waals surface area contributed by atoms with Crippen molar-refractivity contribution < 1.29 is 38.2 Å². The van der Waals surface area contributed by atoms with Crippen LogP contribution in [-0.4, -0.2) is 46.2 Å². The Kier molecular flexibility index (Phi) is 7.55. The molecule has 1 saturated heterocycles. The number of aromatic carboxylic acids is 1. The number of hydrogen-bond donors (Lipinski definition) is 1. The van der Waals surface area contributed by atoms with Gasteiger partial charge in [-0.15, -0.1) is 0 Å². The van der Waals surface area contributed by atoms with E-state index in [9.17, 15) is 24.3 Å². The molecule has 0 atom stereocenters. The Morgan fingerprint density at radius 3 is 2.58 bits per heavy atom. The summed E-state index contributed by atoms with van der Waals surface area (Å²) in [5.74, 6) is -1.41. The van der Waals surface area contributed by atoms with Crippen molar-refractivity contribution in [1.29, 1.82) is 0 Å². The molecule has 1 fully saturated rings. The fourth-order valence-corrected chi connectivity index (χ4v) is 4.21. The number of furan rings is 1. The maximum absolute atomic E-state index is 12.6. The van der Waals surface area contributed by atoms with E-state index in [-0.39, 0.29) is 29.4 Å². The molecule has 2 heterocycles. The number of thioether (sulfide) groups is 1. The summed E-state index contributed by atoms with van der Waals surface area (Å²) >= 11 is 0.685. The summed E-state index contributed by atoms with van der Waals surface area (Å²) in [6.45, 7) is 1.56. The Morgan fingerprint density at radius 2 is 1.86 bits per heavy atom. The third-order valence-corrected chi connectivity index (χ3v) is 6.00. The monoisotopic (exact) mass is 507 g/mol. The van der Waals surface area contributed by atoms with Crippen LogP contribution in [0.5, 0.6) is 5.75 Å². The molecule has 0 spiro atoms. The molecular weight excluding hydrogens is 486 g/mol. The van der Waals surface area contributed by atoms with Gasteiger partial charge in [0.25, 0.3) is 11.1 Å². The van der Waals surface area contributed by atoms with E-state index in [1.807, 2.05) is 30.3 Å². The lowest BCUT2D eigenvalue weighted by atomic mass is 10.1. The highest BCUT2D eigenvalue weighted by molar-refractivity contribution is 8.18. The summed E-state index contributed by atoms with van der Waals surface area (Å²) in [5, 5.41) is 8.85. The number of amides is 2. The molecule has 184 valence electrons.